The number of rotatable bonds is 3. The highest BCUT2D eigenvalue weighted by Gasteiger charge is 2.08. The van der Waals surface area contributed by atoms with Gasteiger partial charge in [-0.25, -0.2) is 9.37 Å². The van der Waals surface area contributed by atoms with Crippen molar-refractivity contribution in [3.63, 3.8) is 0 Å². The number of carbonyl (C=O) groups excluding carboxylic acids is 1. The molecule has 3 aromatic rings. The lowest BCUT2D eigenvalue weighted by molar-refractivity contribution is 0.0950. The molecule has 21 heavy (non-hydrogen) atoms. The molecule has 0 bridgehead atoms. The van der Waals surface area contributed by atoms with Gasteiger partial charge in [0.1, 0.15) is 11.5 Å². The Hall–Kier alpha value is -2.69. The van der Waals surface area contributed by atoms with E-state index in [4.69, 9.17) is 0 Å². The molecular weight excluding hydrogens is 269 g/mol. The minimum Gasteiger partial charge on any atom is -0.346 e. The number of amides is 1. The Morgan fingerprint density at radius 1 is 1.33 bits per heavy atom. The molecule has 2 heterocycles. The first-order chi connectivity index (χ1) is 10.1. The second kappa shape index (κ2) is 5.36. The van der Waals surface area contributed by atoms with Crippen LogP contribution in [0.4, 0.5) is 4.39 Å². The van der Waals surface area contributed by atoms with E-state index in [1.165, 1.54) is 18.2 Å². The largest absolute Gasteiger partial charge is 0.346 e. The number of imidazole rings is 1. The van der Waals surface area contributed by atoms with Crippen LogP contribution in [0.25, 0.3) is 5.65 Å². The number of nitrogens with one attached hydrogen (secondary N) is 1. The minimum absolute atomic E-state index is 0.301. The second-order valence-electron chi connectivity index (χ2n) is 4.85. The molecule has 0 radical (unpaired) electrons. The maximum atomic E-state index is 13.1. The number of carbonyl (C=O) groups is 1. The summed E-state index contributed by atoms with van der Waals surface area (Å²) in [5.74, 6) is -0.741. The van der Waals surface area contributed by atoms with Gasteiger partial charge in [0.15, 0.2) is 0 Å². The molecule has 2 aromatic heterocycles. The fourth-order valence-corrected chi connectivity index (χ4v) is 2.19. The van der Waals surface area contributed by atoms with Crippen LogP contribution in [-0.4, -0.2) is 15.3 Å². The highest BCUT2D eigenvalue weighted by Crippen LogP contribution is 2.10. The first-order valence-corrected chi connectivity index (χ1v) is 6.60. The molecule has 0 atom stereocenters. The van der Waals surface area contributed by atoms with Crippen LogP contribution in [-0.2, 0) is 6.54 Å². The average Bonchev–Trinajstić information content (AvgIpc) is 2.89. The third-order valence-corrected chi connectivity index (χ3v) is 3.24. The van der Waals surface area contributed by atoms with Crippen molar-refractivity contribution in [3.05, 3.63) is 71.4 Å². The first kappa shape index (κ1) is 13.3. The number of fused-ring (bicyclic) bond motifs is 1. The van der Waals surface area contributed by atoms with Crippen molar-refractivity contribution in [3.8, 4) is 0 Å². The van der Waals surface area contributed by atoms with Gasteiger partial charge in [-0.15, -0.1) is 0 Å². The predicted molar refractivity (Wildman–Crippen MR) is 77.5 cm³/mol. The van der Waals surface area contributed by atoms with Crippen LogP contribution in [0.1, 0.15) is 21.6 Å². The van der Waals surface area contributed by atoms with Crippen molar-refractivity contribution in [1.82, 2.24) is 14.7 Å². The Balaban J connectivity index is 1.74. The topological polar surface area (TPSA) is 46.4 Å². The fourth-order valence-electron chi connectivity index (χ4n) is 2.19. The zero-order chi connectivity index (χ0) is 14.8. The molecule has 0 saturated heterocycles. The van der Waals surface area contributed by atoms with Crippen LogP contribution in [0.3, 0.4) is 0 Å². The van der Waals surface area contributed by atoms with Gasteiger partial charge in [-0.05, 0) is 36.8 Å². The Morgan fingerprint density at radius 3 is 2.95 bits per heavy atom. The molecular formula is C16H14FN3O. The number of pyridine rings is 1. The van der Waals surface area contributed by atoms with Gasteiger partial charge in [-0.1, -0.05) is 12.1 Å². The van der Waals surface area contributed by atoms with Gasteiger partial charge in [-0.2, -0.15) is 0 Å². The average molecular weight is 283 g/mol. The quantitative estimate of drug-likeness (QED) is 0.803. The number of benzene rings is 1. The normalized spacial score (nSPS) is 10.8. The number of hydrogen-bond acceptors (Lipinski definition) is 2. The molecule has 4 nitrogen and oxygen atoms in total. The fraction of sp³-hybridized carbons (Fsp3) is 0.125. The number of aromatic nitrogens is 2. The molecule has 1 N–H and O–H groups in total. The van der Waals surface area contributed by atoms with Gasteiger partial charge in [0, 0.05) is 18.0 Å². The summed E-state index contributed by atoms with van der Waals surface area (Å²) in [7, 11) is 0. The summed E-state index contributed by atoms with van der Waals surface area (Å²) in [5.41, 5.74) is 3.00. The van der Waals surface area contributed by atoms with Gasteiger partial charge in [0.25, 0.3) is 5.91 Å². The van der Waals surface area contributed by atoms with E-state index in [9.17, 15) is 9.18 Å². The highest BCUT2D eigenvalue weighted by atomic mass is 19.1. The zero-order valence-electron chi connectivity index (χ0n) is 11.5. The molecule has 0 aliphatic rings. The molecule has 0 saturated carbocycles. The van der Waals surface area contributed by atoms with Crippen LogP contribution >= 0.6 is 0 Å². The van der Waals surface area contributed by atoms with E-state index in [2.05, 4.69) is 10.3 Å². The zero-order valence-corrected chi connectivity index (χ0v) is 11.5. The molecule has 1 amide bonds. The van der Waals surface area contributed by atoms with E-state index in [0.29, 0.717) is 12.1 Å². The Kier molecular flexibility index (Phi) is 3.39. The van der Waals surface area contributed by atoms with E-state index < -0.39 is 5.82 Å². The third-order valence-electron chi connectivity index (χ3n) is 3.24. The van der Waals surface area contributed by atoms with Crippen molar-refractivity contribution >= 4 is 11.6 Å². The maximum Gasteiger partial charge on any atom is 0.251 e. The van der Waals surface area contributed by atoms with E-state index in [1.54, 1.807) is 6.07 Å². The van der Waals surface area contributed by atoms with Gasteiger partial charge in [0.05, 0.1) is 12.2 Å². The molecule has 1 aromatic carbocycles. The van der Waals surface area contributed by atoms with E-state index in [1.807, 2.05) is 35.9 Å². The summed E-state index contributed by atoms with van der Waals surface area (Å²) >= 11 is 0. The third kappa shape index (κ3) is 2.76. The number of halogens is 1. The van der Waals surface area contributed by atoms with E-state index in [0.717, 1.165) is 16.9 Å². The summed E-state index contributed by atoms with van der Waals surface area (Å²) in [5, 5.41) is 2.74. The summed E-state index contributed by atoms with van der Waals surface area (Å²) < 4.78 is 15.0. The number of aryl methyl sites for hydroxylation is 1. The summed E-state index contributed by atoms with van der Waals surface area (Å²) in [6.45, 7) is 2.29. The molecule has 0 unspecified atom stereocenters. The van der Waals surface area contributed by atoms with Crippen molar-refractivity contribution in [2.24, 2.45) is 0 Å². The standard InChI is InChI=1S/C16H14FN3O/c1-11-4-3-7-20-10-14(19-15(11)20)9-18-16(21)12-5-2-6-13(17)8-12/h2-8,10H,9H2,1H3,(H,18,21). The van der Waals surface area contributed by atoms with Gasteiger partial charge < -0.3 is 9.72 Å². The summed E-state index contributed by atoms with van der Waals surface area (Å²) in [4.78, 5) is 16.4. The second-order valence-corrected chi connectivity index (χ2v) is 4.85. The van der Waals surface area contributed by atoms with E-state index in [-0.39, 0.29) is 5.91 Å². The van der Waals surface area contributed by atoms with Crippen LogP contribution in [0, 0.1) is 12.7 Å². The number of nitrogens with zero attached hydrogens (tertiary/aromatic N) is 2. The molecule has 0 aliphatic heterocycles. The lowest BCUT2D eigenvalue weighted by Crippen LogP contribution is -2.23. The predicted octanol–water partition coefficient (Wildman–Crippen LogP) is 2.71. The summed E-state index contributed by atoms with van der Waals surface area (Å²) in [6.07, 6.45) is 3.78. The first-order valence-electron chi connectivity index (χ1n) is 6.60. The molecule has 0 fully saturated rings. The SMILES string of the molecule is Cc1cccn2cc(CNC(=O)c3cccc(F)c3)nc12. The van der Waals surface area contributed by atoms with Crippen LogP contribution in [0.2, 0.25) is 0 Å². The van der Waals surface area contributed by atoms with Gasteiger partial charge in [0.2, 0.25) is 0 Å². The Labute approximate surface area is 121 Å². The van der Waals surface area contributed by atoms with Crippen molar-refractivity contribution in [2.75, 3.05) is 0 Å². The van der Waals surface area contributed by atoms with Crippen molar-refractivity contribution in [1.29, 1.82) is 0 Å². The Morgan fingerprint density at radius 2 is 2.19 bits per heavy atom. The lowest BCUT2D eigenvalue weighted by Gasteiger charge is -2.03. The lowest BCUT2D eigenvalue weighted by atomic mass is 10.2. The molecule has 106 valence electrons. The van der Waals surface area contributed by atoms with Crippen molar-refractivity contribution in [2.45, 2.75) is 13.5 Å². The molecule has 0 spiro atoms. The van der Waals surface area contributed by atoms with Crippen molar-refractivity contribution < 1.29 is 9.18 Å². The van der Waals surface area contributed by atoms with Crippen LogP contribution < -0.4 is 5.32 Å². The van der Waals surface area contributed by atoms with E-state index >= 15 is 0 Å². The monoisotopic (exact) mass is 283 g/mol. The number of hydrogen-bond donors (Lipinski definition) is 1. The Bertz CT molecular complexity index is 810. The minimum atomic E-state index is -0.425. The molecule has 5 heteroatoms. The maximum absolute atomic E-state index is 13.1. The van der Waals surface area contributed by atoms with Crippen LogP contribution in [0.5, 0.6) is 0 Å². The van der Waals surface area contributed by atoms with Gasteiger partial charge in [-0.3, -0.25) is 4.79 Å². The van der Waals surface area contributed by atoms with Gasteiger partial charge >= 0.3 is 0 Å². The smallest absolute Gasteiger partial charge is 0.251 e. The molecule has 0 aliphatic carbocycles. The summed E-state index contributed by atoms with van der Waals surface area (Å²) in [6, 6.07) is 9.53. The van der Waals surface area contributed by atoms with Crippen LogP contribution in [0.15, 0.2) is 48.8 Å². The molecule has 3 rings (SSSR count). The highest BCUT2D eigenvalue weighted by molar-refractivity contribution is 5.94.